The fourth-order valence-electron chi connectivity index (χ4n) is 5.33. The third kappa shape index (κ3) is 16.3. The Bertz CT molecular complexity index is 1360. The number of unbranched alkanes of at least 4 members (excludes halogenated alkanes) is 1. The Hall–Kier alpha value is -4.57. The lowest BCUT2D eigenvalue weighted by Crippen LogP contribution is -2.61. The second kappa shape index (κ2) is 23.9. The Morgan fingerprint density at radius 3 is 1.72 bits per heavy atom. The first-order valence-electron chi connectivity index (χ1n) is 18.5. The second-order valence-electron chi connectivity index (χ2n) is 14.0. The molecule has 298 valence electrons. The second-order valence-corrected chi connectivity index (χ2v) is 14.0. The molecule has 1 aromatic rings. The van der Waals surface area contributed by atoms with Crippen LogP contribution in [0.15, 0.2) is 24.3 Å². The minimum Gasteiger partial charge on any atom is -0.508 e. The fourth-order valence-corrected chi connectivity index (χ4v) is 5.33. The summed E-state index contributed by atoms with van der Waals surface area (Å²) in [6, 6.07) is -0.335. The van der Waals surface area contributed by atoms with Crippen molar-refractivity contribution in [2.24, 2.45) is 35.0 Å². The van der Waals surface area contributed by atoms with Crippen LogP contribution in [0.3, 0.4) is 0 Å². The predicted octanol–water partition coefficient (Wildman–Crippen LogP) is 0.0276. The lowest BCUT2D eigenvalue weighted by molar-refractivity contribution is -0.136. The molecule has 1 aromatic carbocycles. The molecule has 12 N–H and O–H groups in total. The van der Waals surface area contributed by atoms with Gasteiger partial charge in [0, 0.05) is 12.8 Å². The van der Waals surface area contributed by atoms with Crippen LogP contribution in [0.4, 0.5) is 0 Å². The van der Waals surface area contributed by atoms with Gasteiger partial charge in [0.2, 0.25) is 35.4 Å². The van der Waals surface area contributed by atoms with Crippen molar-refractivity contribution in [3.8, 4) is 5.75 Å². The summed E-state index contributed by atoms with van der Waals surface area (Å²) >= 11 is 0. The SMILES string of the molecule is CC[C@H](C)[C@H](NC(=O)[C@H](CCC(N)=O)NC(=O)[C@@H](N)C(C)C)C(=O)N[C@H](C(=O)N[C@@H](Cc1ccc(O)cc1)C(=O)N[C@H](C=O)CCCCN)[C@@H](C)CC. The van der Waals surface area contributed by atoms with Crippen LogP contribution in [0.2, 0.25) is 0 Å². The van der Waals surface area contributed by atoms with Crippen molar-refractivity contribution in [3.63, 3.8) is 0 Å². The average Bonchev–Trinajstić information content (AvgIpc) is 3.12. The minimum atomic E-state index is -1.22. The molecule has 0 aliphatic rings. The van der Waals surface area contributed by atoms with Gasteiger partial charge in [-0.1, -0.05) is 66.5 Å². The predicted molar refractivity (Wildman–Crippen MR) is 201 cm³/mol. The number of carbonyl (C=O) groups excluding carboxylic acids is 7. The number of aromatic hydroxyl groups is 1. The van der Waals surface area contributed by atoms with Gasteiger partial charge in [0.25, 0.3) is 0 Å². The zero-order chi connectivity index (χ0) is 40.2. The number of rotatable bonds is 25. The third-order valence-corrected chi connectivity index (χ3v) is 9.39. The van der Waals surface area contributed by atoms with E-state index in [1.54, 1.807) is 39.8 Å². The van der Waals surface area contributed by atoms with Gasteiger partial charge in [0.15, 0.2) is 0 Å². The van der Waals surface area contributed by atoms with Gasteiger partial charge >= 0.3 is 0 Å². The lowest BCUT2D eigenvalue weighted by Gasteiger charge is -2.31. The molecule has 0 aliphatic carbocycles. The number of nitrogens with two attached hydrogens (primary N) is 3. The number of hydrogen-bond donors (Lipinski definition) is 9. The quantitative estimate of drug-likeness (QED) is 0.0478. The molecule has 0 saturated heterocycles. The van der Waals surface area contributed by atoms with E-state index < -0.39 is 83.5 Å². The van der Waals surface area contributed by atoms with Crippen molar-refractivity contribution in [2.75, 3.05) is 6.54 Å². The van der Waals surface area contributed by atoms with E-state index >= 15 is 0 Å². The molecule has 1 rings (SSSR count). The first kappa shape index (κ1) is 46.5. The molecule has 16 heteroatoms. The van der Waals surface area contributed by atoms with E-state index in [2.05, 4.69) is 26.6 Å². The Labute approximate surface area is 312 Å². The first-order valence-corrected chi connectivity index (χ1v) is 18.5. The van der Waals surface area contributed by atoms with Crippen molar-refractivity contribution < 1.29 is 38.7 Å². The van der Waals surface area contributed by atoms with Gasteiger partial charge < -0.3 is 53.7 Å². The normalized spacial score (nSPS) is 15.7. The number of amides is 6. The van der Waals surface area contributed by atoms with Gasteiger partial charge in [-0.25, -0.2) is 0 Å². The van der Waals surface area contributed by atoms with Gasteiger partial charge in [-0.15, -0.1) is 0 Å². The molecular weight excluding hydrogens is 684 g/mol. The van der Waals surface area contributed by atoms with Gasteiger partial charge in [-0.2, -0.15) is 0 Å². The maximum absolute atomic E-state index is 14.0. The monoisotopic (exact) mass is 746 g/mol. The number of phenols is 1. The summed E-state index contributed by atoms with van der Waals surface area (Å²) in [4.78, 5) is 91.1. The Balaban J connectivity index is 3.36. The van der Waals surface area contributed by atoms with Crippen molar-refractivity contribution in [3.05, 3.63) is 29.8 Å². The summed E-state index contributed by atoms with van der Waals surface area (Å²) in [6.45, 7) is 11.1. The van der Waals surface area contributed by atoms with Crippen LogP contribution in [0.5, 0.6) is 5.75 Å². The molecule has 8 atom stereocenters. The summed E-state index contributed by atoms with van der Waals surface area (Å²) in [6.07, 6.45) is 2.83. The molecule has 0 bridgehead atoms. The molecule has 0 unspecified atom stereocenters. The highest BCUT2D eigenvalue weighted by Gasteiger charge is 2.36. The summed E-state index contributed by atoms with van der Waals surface area (Å²) in [7, 11) is 0. The molecule has 16 nitrogen and oxygen atoms in total. The first-order chi connectivity index (χ1) is 25.0. The van der Waals surface area contributed by atoms with Crippen molar-refractivity contribution in [1.29, 1.82) is 0 Å². The number of carbonyl (C=O) groups is 7. The zero-order valence-electron chi connectivity index (χ0n) is 32.0. The molecule has 0 spiro atoms. The van der Waals surface area contributed by atoms with Crippen LogP contribution in [0.25, 0.3) is 0 Å². The third-order valence-electron chi connectivity index (χ3n) is 9.39. The van der Waals surface area contributed by atoms with Gasteiger partial charge in [0.05, 0.1) is 12.1 Å². The maximum atomic E-state index is 14.0. The molecule has 0 radical (unpaired) electrons. The van der Waals surface area contributed by atoms with E-state index in [-0.39, 0.29) is 30.9 Å². The average molecular weight is 747 g/mol. The summed E-state index contributed by atoms with van der Waals surface area (Å²) in [5, 5.41) is 23.2. The van der Waals surface area contributed by atoms with E-state index in [0.717, 1.165) is 0 Å². The molecule has 0 fully saturated rings. The highest BCUT2D eigenvalue weighted by molar-refractivity contribution is 5.96. The Kier molecular flexibility index (Phi) is 20.9. The molecule has 53 heavy (non-hydrogen) atoms. The van der Waals surface area contributed by atoms with Gasteiger partial charge in [-0.05, 0) is 67.7 Å². The highest BCUT2D eigenvalue weighted by atomic mass is 16.3. The van der Waals surface area contributed by atoms with Gasteiger partial charge in [0.1, 0.15) is 36.2 Å². The van der Waals surface area contributed by atoms with Crippen LogP contribution in [0, 0.1) is 17.8 Å². The van der Waals surface area contributed by atoms with E-state index in [1.165, 1.54) is 12.1 Å². The van der Waals surface area contributed by atoms with E-state index in [9.17, 15) is 38.7 Å². The number of aldehydes is 1. The molecule has 0 saturated carbocycles. The zero-order valence-corrected chi connectivity index (χ0v) is 32.0. The lowest BCUT2D eigenvalue weighted by atomic mass is 9.94. The minimum absolute atomic E-state index is 0.0117. The smallest absolute Gasteiger partial charge is 0.243 e. The largest absolute Gasteiger partial charge is 0.508 e. The van der Waals surface area contributed by atoms with Crippen molar-refractivity contribution in [1.82, 2.24) is 26.6 Å². The van der Waals surface area contributed by atoms with Crippen molar-refractivity contribution >= 4 is 41.7 Å². The number of benzene rings is 1. The molecule has 0 heterocycles. The van der Waals surface area contributed by atoms with Crippen LogP contribution >= 0.6 is 0 Å². The number of primary amides is 1. The van der Waals surface area contributed by atoms with Gasteiger partial charge in [-0.3, -0.25) is 28.8 Å². The fraction of sp³-hybridized carbons (Fsp3) is 0.649. The van der Waals surface area contributed by atoms with E-state index in [0.29, 0.717) is 50.5 Å². The van der Waals surface area contributed by atoms with Crippen LogP contribution in [-0.2, 0) is 40.0 Å². The highest BCUT2D eigenvalue weighted by Crippen LogP contribution is 2.16. The number of nitrogens with one attached hydrogen (secondary N) is 5. The molecule has 0 aromatic heterocycles. The van der Waals surface area contributed by atoms with Crippen molar-refractivity contribution in [2.45, 2.75) is 129 Å². The summed E-state index contributed by atoms with van der Waals surface area (Å²) < 4.78 is 0. The van der Waals surface area contributed by atoms with E-state index in [1.807, 2.05) is 13.8 Å². The maximum Gasteiger partial charge on any atom is 0.243 e. The van der Waals surface area contributed by atoms with Crippen LogP contribution in [0.1, 0.15) is 92.1 Å². The Morgan fingerprint density at radius 2 is 1.23 bits per heavy atom. The molecule has 0 aliphatic heterocycles. The van der Waals surface area contributed by atoms with Crippen LogP contribution < -0.4 is 43.8 Å². The topological polar surface area (TPSA) is 278 Å². The summed E-state index contributed by atoms with van der Waals surface area (Å²) in [5.74, 6) is -5.06. The Morgan fingerprint density at radius 1 is 0.717 bits per heavy atom. The van der Waals surface area contributed by atoms with Crippen LogP contribution in [-0.4, -0.2) is 89.6 Å². The number of hydrogen-bond acceptors (Lipinski definition) is 10. The standard InChI is InChI=1S/C37H62N8O8/c1-7-22(5)31(36(52)43-28(19-24-12-14-26(47)15-13-24)34(50)41-25(20-46)11-9-10-18-38)45-37(53)32(23(6)8-2)44-33(49)27(16-17-29(39)48)42-35(51)30(40)21(3)4/h12-15,20-23,25,27-28,30-32,47H,7-11,16-19,38,40H2,1-6H3,(H2,39,48)(H,41,50)(H,42,51)(H,43,52)(H,44,49)(H,45,53)/t22-,23-,25-,27-,28-,30-,31-,32-/m0/s1. The molecule has 6 amide bonds. The number of phenolic OH excluding ortho intramolecular Hbond substituents is 1. The summed E-state index contributed by atoms with van der Waals surface area (Å²) in [5.41, 5.74) is 17.5. The molecular formula is C37H62N8O8. The van der Waals surface area contributed by atoms with E-state index in [4.69, 9.17) is 17.2 Å².